The number of nitrogens with one attached hydrogen (secondary N) is 1. The third-order valence-electron chi connectivity index (χ3n) is 4.83. The van der Waals surface area contributed by atoms with Crippen LogP contribution in [0.5, 0.6) is 0 Å². The summed E-state index contributed by atoms with van der Waals surface area (Å²) in [5.74, 6) is -0.462. The maximum atomic E-state index is 12.7. The first kappa shape index (κ1) is 16.3. The van der Waals surface area contributed by atoms with Crippen molar-refractivity contribution < 1.29 is 18.0 Å². The highest BCUT2D eigenvalue weighted by atomic mass is 79.9. The lowest BCUT2D eigenvalue weighted by molar-refractivity contribution is -0.137. The number of anilines is 1. The van der Waals surface area contributed by atoms with E-state index in [-0.39, 0.29) is 28.3 Å². The van der Waals surface area contributed by atoms with Crippen molar-refractivity contribution in [1.29, 1.82) is 0 Å². The number of carbonyl (C=O) groups excluding carboxylic acids is 1. The smallest absolute Gasteiger partial charge is 0.325 e. The van der Waals surface area contributed by atoms with Crippen molar-refractivity contribution in [2.45, 2.75) is 33.9 Å². The highest BCUT2D eigenvalue weighted by Crippen LogP contribution is 2.68. The first-order chi connectivity index (χ1) is 9.39. The van der Waals surface area contributed by atoms with Crippen molar-refractivity contribution in [3.05, 3.63) is 28.2 Å². The minimum Gasteiger partial charge on any atom is -0.325 e. The summed E-state index contributed by atoms with van der Waals surface area (Å²) in [6, 6.07) is 3.22. The van der Waals surface area contributed by atoms with Gasteiger partial charge in [0.2, 0.25) is 5.91 Å². The monoisotopic (exact) mass is 363 g/mol. The molecule has 1 aromatic rings. The molecule has 0 aliphatic heterocycles. The number of carbonyl (C=O) groups is 1. The minimum atomic E-state index is -4.43. The van der Waals surface area contributed by atoms with Crippen LogP contribution < -0.4 is 5.32 Å². The Morgan fingerprint density at radius 3 is 2.14 bits per heavy atom. The van der Waals surface area contributed by atoms with Gasteiger partial charge in [0.05, 0.1) is 11.3 Å². The Labute approximate surface area is 130 Å². The SMILES string of the molecule is CC1(C)C(C(=O)Nc2cc(C(F)(F)F)ccc2Br)C1(C)C. The summed E-state index contributed by atoms with van der Waals surface area (Å²) < 4.78 is 38.6. The molecule has 0 spiro atoms. The van der Waals surface area contributed by atoms with Gasteiger partial charge in [-0.05, 0) is 45.0 Å². The maximum absolute atomic E-state index is 12.7. The minimum absolute atomic E-state index is 0.147. The van der Waals surface area contributed by atoms with E-state index in [1.165, 1.54) is 6.07 Å². The van der Waals surface area contributed by atoms with E-state index in [1.54, 1.807) is 0 Å². The molecule has 1 aromatic carbocycles. The van der Waals surface area contributed by atoms with E-state index in [0.717, 1.165) is 12.1 Å². The number of hydrogen-bond acceptors (Lipinski definition) is 1. The molecule has 0 bridgehead atoms. The molecule has 1 saturated carbocycles. The number of alkyl halides is 3. The Bertz CT molecular complexity index is 579. The van der Waals surface area contributed by atoms with Gasteiger partial charge in [-0.25, -0.2) is 0 Å². The van der Waals surface area contributed by atoms with Crippen LogP contribution in [-0.4, -0.2) is 5.91 Å². The summed E-state index contributed by atoms with van der Waals surface area (Å²) in [5.41, 5.74) is -0.959. The van der Waals surface area contributed by atoms with Gasteiger partial charge in [-0.15, -0.1) is 0 Å². The van der Waals surface area contributed by atoms with Crippen LogP contribution in [0.15, 0.2) is 22.7 Å². The molecule has 1 N–H and O–H groups in total. The van der Waals surface area contributed by atoms with Crippen molar-refractivity contribution >= 4 is 27.5 Å². The number of amides is 1. The van der Waals surface area contributed by atoms with Gasteiger partial charge in [0.25, 0.3) is 0 Å². The highest BCUT2D eigenvalue weighted by Gasteiger charge is 2.68. The molecule has 2 nitrogen and oxygen atoms in total. The summed E-state index contributed by atoms with van der Waals surface area (Å²) >= 11 is 3.17. The second-order valence-corrected chi connectivity index (χ2v) is 7.41. The second kappa shape index (κ2) is 4.73. The number of benzene rings is 1. The Morgan fingerprint density at radius 2 is 1.71 bits per heavy atom. The lowest BCUT2D eigenvalue weighted by atomic mass is 10.0. The quantitative estimate of drug-likeness (QED) is 0.778. The highest BCUT2D eigenvalue weighted by molar-refractivity contribution is 9.10. The first-order valence-electron chi connectivity index (χ1n) is 6.56. The topological polar surface area (TPSA) is 29.1 Å². The van der Waals surface area contributed by atoms with Crippen molar-refractivity contribution in [1.82, 2.24) is 0 Å². The van der Waals surface area contributed by atoms with Gasteiger partial charge < -0.3 is 5.32 Å². The van der Waals surface area contributed by atoms with Crippen LogP contribution in [0.3, 0.4) is 0 Å². The van der Waals surface area contributed by atoms with E-state index in [2.05, 4.69) is 21.2 Å². The van der Waals surface area contributed by atoms with Crippen molar-refractivity contribution in [2.24, 2.45) is 16.7 Å². The first-order valence-corrected chi connectivity index (χ1v) is 7.36. The molecule has 0 unspecified atom stereocenters. The van der Waals surface area contributed by atoms with Crippen molar-refractivity contribution in [3.8, 4) is 0 Å². The van der Waals surface area contributed by atoms with Crippen LogP contribution >= 0.6 is 15.9 Å². The molecule has 1 amide bonds. The van der Waals surface area contributed by atoms with Crippen LogP contribution in [0, 0.1) is 16.7 Å². The van der Waals surface area contributed by atoms with Crippen LogP contribution in [0.4, 0.5) is 18.9 Å². The van der Waals surface area contributed by atoms with Crippen LogP contribution in [0.1, 0.15) is 33.3 Å². The average Bonchev–Trinajstić information content (AvgIpc) is 2.70. The van der Waals surface area contributed by atoms with Gasteiger partial charge in [0, 0.05) is 10.4 Å². The summed E-state index contributed by atoms with van der Waals surface area (Å²) in [4.78, 5) is 12.3. The standard InChI is InChI=1S/C15H17BrF3NO/c1-13(2)11(14(13,3)4)12(21)20-10-7-8(15(17,18)19)5-6-9(10)16/h5-7,11H,1-4H3,(H,20,21). The zero-order chi connectivity index (χ0) is 16.2. The Morgan fingerprint density at radius 1 is 1.19 bits per heavy atom. The third-order valence-corrected chi connectivity index (χ3v) is 5.53. The molecule has 0 atom stereocenters. The molecule has 1 aliphatic rings. The summed E-state index contributed by atoms with van der Waals surface area (Å²) in [5, 5.41) is 2.61. The summed E-state index contributed by atoms with van der Waals surface area (Å²) in [7, 11) is 0. The lowest BCUT2D eigenvalue weighted by Gasteiger charge is -2.12. The van der Waals surface area contributed by atoms with E-state index in [0.29, 0.717) is 4.47 Å². The van der Waals surface area contributed by atoms with E-state index in [1.807, 2.05) is 27.7 Å². The number of hydrogen-bond donors (Lipinski definition) is 1. The molecule has 0 heterocycles. The summed E-state index contributed by atoms with van der Waals surface area (Å²) in [6.45, 7) is 7.94. The second-order valence-electron chi connectivity index (χ2n) is 6.56. The Balaban J connectivity index is 2.23. The predicted molar refractivity (Wildman–Crippen MR) is 78.8 cm³/mol. The molecule has 0 aromatic heterocycles. The zero-order valence-electron chi connectivity index (χ0n) is 12.2. The number of rotatable bonds is 2. The predicted octanol–water partition coefficient (Wildman–Crippen LogP) is 5.09. The molecule has 2 rings (SSSR count). The van der Waals surface area contributed by atoms with E-state index < -0.39 is 11.7 Å². The third kappa shape index (κ3) is 2.70. The van der Waals surface area contributed by atoms with Crippen LogP contribution in [-0.2, 0) is 11.0 Å². The Hall–Kier alpha value is -1.04. The normalized spacial score (nSPS) is 20.2. The molecular weight excluding hydrogens is 347 g/mol. The molecule has 1 fully saturated rings. The maximum Gasteiger partial charge on any atom is 0.416 e. The van der Waals surface area contributed by atoms with Crippen LogP contribution in [0.2, 0.25) is 0 Å². The van der Waals surface area contributed by atoms with Gasteiger partial charge in [-0.3, -0.25) is 4.79 Å². The fourth-order valence-electron chi connectivity index (χ4n) is 2.85. The molecule has 116 valence electrons. The largest absolute Gasteiger partial charge is 0.416 e. The zero-order valence-corrected chi connectivity index (χ0v) is 13.8. The summed E-state index contributed by atoms with van der Waals surface area (Å²) in [6.07, 6.45) is -4.43. The van der Waals surface area contributed by atoms with Gasteiger partial charge in [-0.1, -0.05) is 27.7 Å². The van der Waals surface area contributed by atoms with E-state index in [9.17, 15) is 18.0 Å². The van der Waals surface area contributed by atoms with Crippen LogP contribution in [0.25, 0.3) is 0 Å². The van der Waals surface area contributed by atoms with Gasteiger partial charge >= 0.3 is 6.18 Å². The molecular formula is C15H17BrF3NO. The molecule has 0 radical (unpaired) electrons. The van der Waals surface area contributed by atoms with Gasteiger partial charge in [0.15, 0.2) is 0 Å². The van der Waals surface area contributed by atoms with E-state index >= 15 is 0 Å². The van der Waals surface area contributed by atoms with Gasteiger partial charge in [0.1, 0.15) is 0 Å². The van der Waals surface area contributed by atoms with Crippen molar-refractivity contribution in [2.75, 3.05) is 5.32 Å². The molecule has 0 saturated heterocycles. The van der Waals surface area contributed by atoms with Crippen molar-refractivity contribution in [3.63, 3.8) is 0 Å². The van der Waals surface area contributed by atoms with Gasteiger partial charge in [-0.2, -0.15) is 13.2 Å². The fraction of sp³-hybridized carbons (Fsp3) is 0.533. The van der Waals surface area contributed by atoms with E-state index in [4.69, 9.17) is 0 Å². The molecule has 6 heteroatoms. The average molecular weight is 364 g/mol. The molecule has 1 aliphatic carbocycles. The Kier molecular flexibility index (Phi) is 3.68. The fourth-order valence-corrected chi connectivity index (χ4v) is 3.20. The molecule has 21 heavy (non-hydrogen) atoms. The number of halogens is 4. The lowest BCUT2D eigenvalue weighted by Crippen LogP contribution is -2.18.